The Morgan fingerprint density at radius 2 is 2.31 bits per heavy atom. The van der Waals surface area contributed by atoms with Gasteiger partial charge in [-0.2, -0.15) is 0 Å². The first-order valence-electron chi connectivity index (χ1n) is 4.55. The van der Waals surface area contributed by atoms with Crippen molar-refractivity contribution in [2.45, 2.75) is 6.92 Å². The second-order valence-electron chi connectivity index (χ2n) is 3.24. The first-order valence-corrected chi connectivity index (χ1v) is 5.32. The predicted molar refractivity (Wildman–Crippen MR) is 60.7 cm³/mol. The van der Waals surface area contributed by atoms with E-state index in [-0.39, 0.29) is 11.7 Å². The van der Waals surface area contributed by atoms with E-state index in [1.165, 1.54) is 12.3 Å². The monoisotopic (exact) mass is 235 g/mol. The van der Waals surface area contributed by atoms with Crippen molar-refractivity contribution in [1.82, 2.24) is 9.59 Å². The number of nitrogens with one attached hydrogen (secondary N) is 1. The zero-order chi connectivity index (χ0) is 11.5. The van der Waals surface area contributed by atoms with Crippen molar-refractivity contribution < 1.29 is 9.90 Å². The summed E-state index contributed by atoms with van der Waals surface area (Å²) in [4.78, 5) is 12.1. The lowest BCUT2D eigenvalue weighted by Gasteiger charge is -2.06. The van der Waals surface area contributed by atoms with Crippen LogP contribution in [0.2, 0.25) is 0 Å². The Morgan fingerprint density at radius 1 is 1.50 bits per heavy atom. The Bertz CT molecular complexity index is 511. The van der Waals surface area contributed by atoms with E-state index in [1.54, 1.807) is 19.1 Å². The highest BCUT2D eigenvalue weighted by Gasteiger charge is 2.09. The molecule has 0 bridgehead atoms. The predicted octanol–water partition coefficient (Wildman–Crippen LogP) is 1.80. The van der Waals surface area contributed by atoms with Crippen LogP contribution in [0.5, 0.6) is 5.75 Å². The van der Waals surface area contributed by atoms with Crippen LogP contribution in [-0.2, 0) is 0 Å². The number of phenols is 1. The van der Waals surface area contributed by atoms with Gasteiger partial charge in [-0.1, -0.05) is 4.49 Å². The van der Waals surface area contributed by atoms with Crippen molar-refractivity contribution in [3.8, 4) is 5.75 Å². The smallest absolute Gasteiger partial charge is 0.269 e. The van der Waals surface area contributed by atoms with Crippen molar-refractivity contribution in [3.63, 3.8) is 0 Å². The van der Waals surface area contributed by atoms with E-state index in [4.69, 9.17) is 0 Å². The fraction of sp³-hybridized carbons (Fsp3) is 0.100. The third-order valence-corrected chi connectivity index (χ3v) is 2.71. The van der Waals surface area contributed by atoms with Crippen molar-refractivity contribution >= 4 is 23.1 Å². The highest BCUT2D eigenvalue weighted by Crippen LogP contribution is 2.20. The molecule has 0 aliphatic heterocycles. The highest BCUT2D eigenvalue weighted by atomic mass is 32.1. The molecule has 0 atom stereocenters. The third-order valence-electron chi connectivity index (χ3n) is 2.04. The summed E-state index contributed by atoms with van der Waals surface area (Å²) in [6.07, 6.45) is 1.41. The van der Waals surface area contributed by atoms with E-state index in [0.717, 1.165) is 17.1 Å². The van der Waals surface area contributed by atoms with Crippen molar-refractivity contribution in [2.24, 2.45) is 0 Å². The largest absolute Gasteiger partial charge is 0.508 e. The highest BCUT2D eigenvalue weighted by molar-refractivity contribution is 7.07. The molecule has 0 radical (unpaired) electrons. The van der Waals surface area contributed by atoms with E-state index in [2.05, 4.69) is 14.9 Å². The summed E-state index contributed by atoms with van der Waals surface area (Å²) >= 11 is 1.04. The number of aromatic nitrogens is 2. The van der Waals surface area contributed by atoms with Crippen LogP contribution in [0, 0.1) is 6.92 Å². The number of aromatic hydroxyl groups is 1. The number of nitrogens with zero attached hydrogens (tertiary/aromatic N) is 2. The number of phenolic OH excluding ortho intramolecular Hbond substituents is 1. The molecule has 0 saturated heterocycles. The number of rotatable bonds is 2. The van der Waals surface area contributed by atoms with Gasteiger partial charge < -0.3 is 10.4 Å². The normalized spacial score (nSPS) is 10.1. The van der Waals surface area contributed by atoms with Crippen molar-refractivity contribution in [2.75, 3.05) is 5.32 Å². The Balaban J connectivity index is 2.18. The zero-order valence-corrected chi connectivity index (χ0v) is 9.28. The third kappa shape index (κ3) is 2.17. The average Bonchev–Trinajstić information content (AvgIpc) is 2.75. The van der Waals surface area contributed by atoms with Crippen LogP contribution in [0.4, 0.5) is 5.69 Å². The second kappa shape index (κ2) is 4.28. The number of carbonyl (C=O) groups excluding carboxylic acids is 1. The molecule has 0 saturated carbocycles. The minimum Gasteiger partial charge on any atom is -0.508 e. The van der Waals surface area contributed by atoms with Gasteiger partial charge in [0.05, 0.1) is 6.20 Å². The molecule has 0 aliphatic rings. The van der Waals surface area contributed by atoms with Crippen LogP contribution < -0.4 is 5.32 Å². The lowest BCUT2D eigenvalue weighted by atomic mass is 10.2. The molecule has 0 aliphatic carbocycles. The molecule has 2 N–H and O–H groups in total. The average molecular weight is 235 g/mol. The van der Waals surface area contributed by atoms with Gasteiger partial charge in [-0.3, -0.25) is 4.79 Å². The van der Waals surface area contributed by atoms with Crippen LogP contribution in [0.15, 0.2) is 24.4 Å². The summed E-state index contributed by atoms with van der Waals surface area (Å²) in [5.74, 6) is -0.0706. The minimum absolute atomic E-state index is 0.176. The number of hydrogen-bond acceptors (Lipinski definition) is 5. The molecule has 2 rings (SSSR count). The zero-order valence-electron chi connectivity index (χ0n) is 8.47. The maximum absolute atomic E-state index is 11.7. The molecule has 2 aromatic rings. The molecule has 1 aromatic heterocycles. The number of amides is 1. The van der Waals surface area contributed by atoms with E-state index >= 15 is 0 Å². The minimum atomic E-state index is -0.246. The Morgan fingerprint density at radius 3 is 2.94 bits per heavy atom. The Labute approximate surface area is 95.9 Å². The molecular formula is C10H9N3O2S. The molecule has 1 aromatic carbocycles. The van der Waals surface area contributed by atoms with Crippen LogP contribution in [-0.4, -0.2) is 20.6 Å². The fourth-order valence-electron chi connectivity index (χ4n) is 1.24. The molecule has 0 unspecified atom stereocenters. The van der Waals surface area contributed by atoms with Gasteiger partial charge in [0.2, 0.25) is 0 Å². The molecular weight excluding hydrogens is 226 g/mol. The van der Waals surface area contributed by atoms with Gasteiger partial charge in [0.25, 0.3) is 5.91 Å². The summed E-state index contributed by atoms with van der Waals surface area (Å²) in [7, 11) is 0. The summed E-state index contributed by atoms with van der Waals surface area (Å²) < 4.78 is 3.61. The molecule has 16 heavy (non-hydrogen) atoms. The first-order chi connectivity index (χ1) is 7.66. The van der Waals surface area contributed by atoms with Crippen LogP contribution in [0.1, 0.15) is 15.2 Å². The summed E-state index contributed by atoms with van der Waals surface area (Å²) in [6, 6.07) is 4.76. The second-order valence-corrected chi connectivity index (χ2v) is 4.02. The molecule has 5 nitrogen and oxygen atoms in total. The molecule has 0 fully saturated rings. The first kappa shape index (κ1) is 10.6. The quantitative estimate of drug-likeness (QED) is 0.778. The van der Waals surface area contributed by atoms with E-state index in [0.29, 0.717) is 10.6 Å². The lowest BCUT2D eigenvalue weighted by Crippen LogP contribution is -2.10. The summed E-state index contributed by atoms with van der Waals surface area (Å²) in [5, 5.41) is 15.5. The van der Waals surface area contributed by atoms with E-state index < -0.39 is 0 Å². The van der Waals surface area contributed by atoms with E-state index in [1.807, 2.05) is 0 Å². The maximum Gasteiger partial charge on any atom is 0.269 e. The standard InChI is InChI=1S/C10H9N3O2S/c1-6-4-7(14)2-3-8(6)12-10(15)9-5-11-13-16-9/h2-5,14H,1H3,(H,12,15). The maximum atomic E-state index is 11.7. The molecule has 1 amide bonds. The van der Waals surface area contributed by atoms with Gasteiger partial charge in [0.15, 0.2) is 0 Å². The summed E-state index contributed by atoms with van der Waals surface area (Å²) in [5.41, 5.74) is 1.46. The SMILES string of the molecule is Cc1cc(O)ccc1NC(=O)c1cnns1. The molecule has 1 heterocycles. The Kier molecular flexibility index (Phi) is 2.82. The number of benzene rings is 1. The van der Waals surface area contributed by atoms with Crippen LogP contribution in [0.25, 0.3) is 0 Å². The number of carbonyl (C=O) groups is 1. The van der Waals surface area contributed by atoms with E-state index in [9.17, 15) is 9.90 Å². The van der Waals surface area contributed by atoms with Gasteiger partial charge in [0, 0.05) is 5.69 Å². The molecule has 0 spiro atoms. The van der Waals surface area contributed by atoms with Gasteiger partial charge in [-0.15, -0.1) is 5.10 Å². The molecule has 6 heteroatoms. The van der Waals surface area contributed by atoms with Crippen LogP contribution in [0.3, 0.4) is 0 Å². The fourth-order valence-corrected chi connectivity index (χ4v) is 1.65. The number of aryl methyl sites for hydroxylation is 1. The number of hydrogen-bond donors (Lipinski definition) is 2. The topological polar surface area (TPSA) is 75.1 Å². The van der Waals surface area contributed by atoms with Crippen LogP contribution >= 0.6 is 11.5 Å². The van der Waals surface area contributed by atoms with Crippen molar-refractivity contribution in [1.29, 1.82) is 0 Å². The lowest BCUT2D eigenvalue weighted by molar-refractivity contribution is 0.103. The van der Waals surface area contributed by atoms with Gasteiger partial charge in [0.1, 0.15) is 10.6 Å². The van der Waals surface area contributed by atoms with Gasteiger partial charge >= 0.3 is 0 Å². The Hall–Kier alpha value is -1.95. The van der Waals surface area contributed by atoms with Gasteiger partial charge in [-0.25, -0.2) is 0 Å². The number of anilines is 1. The van der Waals surface area contributed by atoms with Gasteiger partial charge in [-0.05, 0) is 42.2 Å². The van der Waals surface area contributed by atoms with Crippen molar-refractivity contribution in [3.05, 3.63) is 34.8 Å². The molecule has 82 valence electrons. The summed E-state index contributed by atoms with van der Waals surface area (Å²) in [6.45, 7) is 1.81.